The normalized spacial score (nSPS) is 11.3. The number of aromatic nitrogens is 2. The molecule has 0 aliphatic heterocycles. The van der Waals surface area contributed by atoms with E-state index in [4.69, 9.17) is 4.74 Å². The number of nitrogens with zero attached hydrogens (tertiary/aromatic N) is 2. The molecule has 0 radical (unpaired) electrons. The number of allylic oxidation sites excluding steroid dienone is 2. The van der Waals surface area contributed by atoms with Crippen molar-refractivity contribution in [2.24, 2.45) is 0 Å². The summed E-state index contributed by atoms with van der Waals surface area (Å²) >= 11 is 0. The van der Waals surface area contributed by atoms with Crippen molar-refractivity contribution in [2.75, 3.05) is 11.9 Å². The number of carbonyl (C=O) groups excluding carboxylic acids is 1. The number of nitrogens with one attached hydrogen (secondary N) is 1. The quantitative estimate of drug-likeness (QED) is 0.482. The van der Waals surface area contributed by atoms with Gasteiger partial charge in [0.15, 0.2) is 5.69 Å². The Morgan fingerprint density at radius 2 is 1.94 bits per heavy atom. The average Bonchev–Trinajstić information content (AvgIpc) is 3.18. The van der Waals surface area contributed by atoms with Crippen molar-refractivity contribution < 1.29 is 13.9 Å². The predicted octanol–water partition coefficient (Wildman–Crippen LogP) is 5.62. The smallest absolute Gasteiger partial charge is 0.276 e. The van der Waals surface area contributed by atoms with E-state index in [1.54, 1.807) is 53.2 Å². The lowest BCUT2D eigenvalue weighted by Gasteiger charge is -2.12. The second-order valence-corrected chi connectivity index (χ2v) is 6.97. The van der Waals surface area contributed by atoms with Crippen LogP contribution < -0.4 is 10.1 Å². The maximum atomic E-state index is 14.7. The molecule has 5 nitrogen and oxygen atoms in total. The lowest BCUT2D eigenvalue weighted by Crippen LogP contribution is -2.13. The Morgan fingerprint density at radius 3 is 2.55 bits per heavy atom. The Morgan fingerprint density at radius 1 is 1.19 bits per heavy atom. The summed E-state index contributed by atoms with van der Waals surface area (Å²) in [5, 5.41) is 7.32. The number of hydrogen-bond acceptors (Lipinski definition) is 3. The summed E-state index contributed by atoms with van der Waals surface area (Å²) in [7, 11) is 0. The third-order valence-corrected chi connectivity index (χ3v) is 4.71. The van der Waals surface area contributed by atoms with Crippen molar-refractivity contribution in [2.45, 2.75) is 27.2 Å². The first-order chi connectivity index (χ1) is 15.0. The van der Waals surface area contributed by atoms with Crippen LogP contribution in [0.3, 0.4) is 0 Å². The third-order valence-electron chi connectivity index (χ3n) is 4.71. The van der Waals surface area contributed by atoms with Crippen LogP contribution in [0, 0.1) is 12.7 Å². The zero-order valence-electron chi connectivity index (χ0n) is 18.0. The first-order valence-electron chi connectivity index (χ1n) is 10.2. The maximum Gasteiger partial charge on any atom is 0.276 e. The van der Waals surface area contributed by atoms with Gasteiger partial charge >= 0.3 is 0 Å². The molecular formula is C25H26FN3O2. The van der Waals surface area contributed by atoms with Crippen LogP contribution in [0.5, 0.6) is 5.75 Å². The van der Waals surface area contributed by atoms with E-state index in [0.29, 0.717) is 30.0 Å². The number of halogens is 1. The van der Waals surface area contributed by atoms with Gasteiger partial charge in [-0.2, -0.15) is 5.10 Å². The number of carbonyl (C=O) groups is 1. The standard InChI is InChI=1S/C25H26FN3O2/c1-5-8-24(21-14-9-17(4)15-22(21)26)29-19(6-2)16-23(28-29)25(30)27-18-10-12-20(13-11-18)31-7-3/h5,8-16H,1,6-7H2,2-4H3,(H,27,30)/b24-8-. The number of hydrogen-bond donors (Lipinski definition) is 1. The van der Waals surface area contributed by atoms with Crippen LogP contribution in [-0.2, 0) is 6.42 Å². The minimum atomic E-state index is -0.356. The van der Waals surface area contributed by atoms with Crippen LogP contribution in [-0.4, -0.2) is 22.3 Å². The Kier molecular flexibility index (Phi) is 7.03. The fourth-order valence-corrected chi connectivity index (χ4v) is 3.20. The lowest BCUT2D eigenvalue weighted by atomic mass is 10.1. The molecule has 3 aromatic rings. The van der Waals surface area contributed by atoms with Gasteiger partial charge in [0.1, 0.15) is 11.6 Å². The van der Waals surface area contributed by atoms with Crippen LogP contribution in [0.15, 0.2) is 67.3 Å². The van der Waals surface area contributed by atoms with E-state index in [9.17, 15) is 9.18 Å². The fourth-order valence-electron chi connectivity index (χ4n) is 3.20. The zero-order chi connectivity index (χ0) is 22.4. The van der Waals surface area contributed by atoms with Gasteiger partial charge in [0.25, 0.3) is 5.91 Å². The lowest BCUT2D eigenvalue weighted by molar-refractivity contribution is 0.102. The molecule has 0 bridgehead atoms. The van der Waals surface area contributed by atoms with E-state index >= 15 is 0 Å². The van der Waals surface area contributed by atoms with E-state index < -0.39 is 0 Å². The molecule has 0 aliphatic carbocycles. The van der Waals surface area contributed by atoms with E-state index in [0.717, 1.165) is 17.0 Å². The molecule has 3 rings (SSSR count). The summed E-state index contributed by atoms with van der Waals surface area (Å²) in [6.45, 7) is 10.0. The largest absolute Gasteiger partial charge is 0.494 e. The highest BCUT2D eigenvalue weighted by Gasteiger charge is 2.18. The maximum absolute atomic E-state index is 14.7. The Labute approximate surface area is 181 Å². The number of amides is 1. The fraction of sp³-hybridized carbons (Fsp3) is 0.200. The minimum absolute atomic E-state index is 0.244. The summed E-state index contributed by atoms with van der Waals surface area (Å²) in [6.07, 6.45) is 3.88. The van der Waals surface area contributed by atoms with Gasteiger partial charge in [0, 0.05) is 16.9 Å². The second-order valence-electron chi connectivity index (χ2n) is 6.97. The molecule has 0 fully saturated rings. The number of ether oxygens (including phenoxy) is 1. The van der Waals surface area contributed by atoms with Crippen molar-refractivity contribution in [1.29, 1.82) is 0 Å². The van der Waals surface area contributed by atoms with Gasteiger partial charge in [-0.1, -0.05) is 25.6 Å². The molecule has 1 aromatic heterocycles. The molecule has 0 spiro atoms. The highest BCUT2D eigenvalue weighted by atomic mass is 19.1. The van der Waals surface area contributed by atoms with E-state index in [-0.39, 0.29) is 17.4 Å². The molecule has 0 atom stereocenters. The van der Waals surface area contributed by atoms with Crippen LogP contribution in [0.2, 0.25) is 0 Å². The molecule has 2 aromatic carbocycles. The molecule has 0 aliphatic rings. The molecule has 1 N–H and O–H groups in total. The summed E-state index contributed by atoms with van der Waals surface area (Å²) in [5.41, 5.74) is 3.39. The van der Waals surface area contributed by atoms with Crippen molar-refractivity contribution in [1.82, 2.24) is 9.78 Å². The van der Waals surface area contributed by atoms with Crippen LogP contribution in [0.1, 0.15) is 41.2 Å². The molecule has 1 amide bonds. The first-order valence-corrected chi connectivity index (χ1v) is 10.2. The average molecular weight is 420 g/mol. The summed E-state index contributed by atoms with van der Waals surface area (Å²) in [6, 6.07) is 13.9. The summed E-state index contributed by atoms with van der Waals surface area (Å²) < 4.78 is 21.7. The SMILES string of the molecule is C=C/C=C(/c1ccc(C)cc1F)n1nc(C(=O)Nc2ccc(OCC)cc2)cc1CC. The third kappa shape index (κ3) is 5.09. The monoisotopic (exact) mass is 419 g/mol. The van der Waals surface area contributed by atoms with Gasteiger partial charge in [0.2, 0.25) is 0 Å². The van der Waals surface area contributed by atoms with Crippen LogP contribution in [0.4, 0.5) is 10.1 Å². The Hall–Kier alpha value is -3.67. The van der Waals surface area contributed by atoms with Crippen molar-refractivity contribution >= 4 is 17.3 Å². The molecule has 1 heterocycles. The van der Waals surface area contributed by atoms with Crippen LogP contribution >= 0.6 is 0 Å². The number of aryl methyl sites for hydroxylation is 2. The topological polar surface area (TPSA) is 56.2 Å². The molecular weight excluding hydrogens is 393 g/mol. The molecule has 160 valence electrons. The summed E-state index contributed by atoms with van der Waals surface area (Å²) in [5.74, 6) is 0.0309. The van der Waals surface area contributed by atoms with Crippen molar-refractivity contribution in [3.63, 3.8) is 0 Å². The zero-order valence-corrected chi connectivity index (χ0v) is 18.0. The van der Waals surface area contributed by atoms with Crippen molar-refractivity contribution in [3.8, 4) is 5.75 Å². The molecule has 6 heteroatoms. The van der Waals surface area contributed by atoms with Gasteiger partial charge in [0.05, 0.1) is 12.3 Å². The minimum Gasteiger partial charge on any atom is -0.494 e. The molecule has 0 saturated carbocycles. The predicted molar refractivity (Wildman–Crippen MR) is 122 cm³/mol. The summed E-state index contributed by atoms with van der Waals surface area (Å²) in [4.78, 5) is 12.8. The number of rotatable bonds is 8. The van der Waals surface area contributed by atoms with Gasteiger partial charge in [-0.25, -0.2) is 9.07 Å². The second kappa shape index (κ2) is 9.89. The van der Waals surface area contributed by atoms with E-state index in [1.165, 1.54) is 6.07 Å². The Balaban J connectivity index is 1.92. The molecule has 0 saturated heterocycles. The van der Waals surface area contributed by atoms with Gasteiger partial charge in [-0.3, -0.25) is 4.79 Å². The Bertz CT molecular complexity index is 1110. The molecule has 0 unspecified atom stereocenters. The first kappa shape index (κ1) is 22.0. The van der Waals surface area contributed by atoms with Crippen LogP contribution in [0.25, 0.3) is 5.70 Å². The van der Waals surface area contributed by atoms with Gasteiger partial charge in [-0.05, 0) is 74.4 Å². The van der Waals surface area contributed by atoms with Gasteiger partial charge in [-0.15, -0.1) is 0 Å². The van der Waals surface area contributed by atoms with Gasteiger partial charge < -0.3 is 10.1 Å². The highest BCUT2D eigenvalue weighted by Crippen LogP contribution is 2.24. The number of benzene rings is 2. The van der Waals surface area contributed by atoms with E-state index in [1.807, 2.05) is 26.8 Å². The molecule has 31 heavy (non-hydrogen) atoms. The van der Waals surface area contributed by atoms with Crippen molar-refractivity contribution in [3.05, 3.63) is 95.6 Å². The number of anilines is 1. The van der Waals surface area contributed by atoms with E-state index in [2.05, 4.69) is 17.0 Å². The highest BCUT2D eigenvalue weighted by molar-refractivity contribution is 6.03.